The fourth-order valence-corrected chi connectivity index (χ4v) is 2.85. The van der Waals surface area contributed by atoms with Crippen LogP contribution >= 0.6 is 15.9 Å². The number of hydrogen-bond donors (Lipinski definition) is 1. The molecule has 1 aromatic carbocycles. The van der Waals surface area contributed by atoms with Gasteiger partial charge in [-0.1, -0.05) is 28.8 Å². The lowest BCUT2D eigenvalue weighted by molar-refractivity contribution is 0.475. The fraction of sp³-hybridized carbons (Fsp3) is 0.417. The van der Waals surface area contributed by atoms with Crippen LogP contribution in [0.4, 0.5) is 5.69 Å². The summed E-state index contributed by atoms with van der Waals surface area (Å²) in [5, 5.41) is 0. The summed E-state index contributed by atoms with van der Waals surface area (Å²) >= 11 is 3.41. The zero-order valence-corrected chi connectivity index (χ0v) is 10.5. The van der Waals surface area contributed by atoms with Crippen molar-refractivity contribution < 1.29 is 4.42 Å². The maximum atomic E-state index is 5.91. The second-order valence-electron chi connectivity index (χ2n) is 4.38. The van der Waals surface area contributed by atoms with Crippen LogP contribution in [0.15, 0.2) is 21.0 Å². The molecule has 1 saturated carbocycles. The zero-order valence-electron chi connectivity index (χ0n) is 8.87. The third-order valence-electron chi connectivity index (χ3n) is 3.20. The van der Waals surface area contributed by atoms with Gasteiger partial charge >= 0.3 is 0 Å². The topological polar surface area (TPSA) is 52.0 Å². The van der Waals surface area contributed by atoms with E-state index in [1.54, 1.807) is 0 Å². The lowest BCUT2D eigenvalue weighted by Crippen LogP contribution is -1.90. The van der Waals surface area contributed by atoms with E-state index in [4.69, 9.17) is 10.2 Å². The van der Waals surface area contributed by atoms with Gasteiger partial charge in [-0.25, -0.2) is 4.98 Å². The Bertz CT molecular complexity index is 529. The Morgan fingerprint density at radius 2 is 2.06 bits per heavy atom. The average molecular weight is 281 g/mol. The molecule has 2 N–H and O–H groups in total. The van der Waals surface area contributed by atoms with E-state index in [9.17, 15) is 0 Å². The minimum Gasteiger partial charge on any atom is -0.438 e. The molecule has 0 unspecified atom stereocenters. The van der Waals surface area contributed by atoms with Crippen LogP contribution in [0.5, 0.6) is 0 Å². The number of fused-ring (bicyclic) bond motifs is 1. The van der Waals surface area contributed by atoms with Crippen LogP contribution in [0.1, 0.15) is 37.5 Å². The van der Waals surface area contributed by atoms with E-state index >= 15 is 0 Å². The Hall–Kier alpha value is -1.03. The molecule has 0 amide bonds. The van der Waals surface area contributed by atoms with Crippen LogP contribution < -0.4 is 5.73 Å². The standard InChI is InChI=1S/C12H13BrN2O/c13-8-5-9(14)11-10(6-8)15-12(16-11)7-3-1-2-4-7/h5-7H,1-4,14H2. The van der Waals surface area contributed by atoms with Crippen molar-refractivity contribution >= 4 is 32.7 Å². The van der Waals surface area contributed by atoms with Crippen LogP contribution in [0, 0.1) is 0 Å². The van der Waals surface area contributed by atoms with Crippen LogP contribution in [-0.2, 0) is 0 Å². The van der Waals surface area contributed by atoms with Crippen molar-refractivity contribution in [3.63, 3.8) is 0 Å². The first kappa shape index (κ1) is 10.1. The average Bonchev–Trinajstić information content (AvgIpc) is 2.82. The van der Waals surface area contributed by atoms with Crippen molar-refractivity contribution in [3.05, 3.63) is 22.5 Å². The Balaban J connectivity index is 2.11. The number of halogens is 1. The first-order chi connectivity index (χ1) is 7.74. The number of aromatic nitrogens is 1. The number of oxazole rings is 1. The summed E-state index contributed by atoms with van der Waals surface area (Å²) in [7, 11) is 0. The van der Waals surface area contributed by atoms with Crippen molar-refractivity contribution in [2.45, 2.75) is 31.6 Å². The molecule has 3 nitrogen and oxygen atoms in total. The summed E-state index contributed by atoms with van der Waals surface area (Å²) in [5.41, 5.74) is 8.14. The van der Waals surface area contributed by atoms with Crippen LogP contribution in [0.25, 0.3) is 11.1 Å². The Morgan fingerprint density at radius 3 is 2.81 bits per heavy atom. The SMILES string of the molecule is Nc1cc(Br)cc2nc(C3CCCC3)oc12. The molecule has 0 radical (unpaired) electrons. The van der Waals surface area contributed by atoms with Gasteiger partial charge in [0.15, 0.2) is 11.5 Å². The van der Waals surface area contributed by atoms with Gasteiger partial charge in [-0.05, 0) is 25.0 Å². The predicted octanol–water partition coefficient (Wildman–Crippen LogP) is 3.83. The Labute approximate surface area is 102 Å². The number of nitrogens with two attached hydrogens (primary N) is 1. The second kappa shape index (κ2) is 3.77. The maximum Gasteiger partial charge on any atom is 0.198 e. The highest BCUT2D eigenvalue weighted by Gasteiger charge is 2.22. The van der Waals surface area contributed by atoms with Crippen molar-refractivity contribution in [1.29, 1.82) is 0 Å². The van der Waals surface area contributed by atoms with E-state index in [-0.39, 0.29) is 0 Å². The summed E-state index contributed by atoms with van der Waals surface area (Å²) < 4.78 is 6.73. The molecule has 4 heteroatoms. The Kier molecular flexibility index (Phi) is 2.39. The van der Waals surface area contributed by atoms with Crippen molar-refractivity contribution in [1.82, 2.24) is 4.98 Å². The molecule has 0 saturated heterocycles. The highest BCUT2D eigenvalue weighted by atomic mass is 79.9. The predicted molar refractivity (Wildman–Crippen MR) is 67.3 cm³/mol. The third kappa shape index (κ3) is 1.61. The van der Waals surface area contributed by atoms with Gasteiger partial charge in [0, 0.05) is 10.4 Å². The molecular formula is C12H13BrN2O. The number of hydrogen-bond acceptors (Lipinski definition) is 3. The molecule has 0 spiro atoms. The van der Waals surface area contributed by atoms with E-state index in [1.807, 2.05) is 12.1 Å². The molecule has 1 aliphatic rings. The lowest BCUT2D eigenvalue weighted by Gasteiger charge is -2.00. The summed E-state index contributed by atoms with van der Waals surface area (Å²) in [6.45, 7) is 0. The van der Waals surface area contributed by atoms with Crippen molar-refractivity contribution in [2.75, 3.05) is 5.73 Å². The van der Waals surface area contributed by atoms with E-state index in [2.05, 4.69) is 20.9 Å². The maximum absolute atomic E-state index is 5.91. The molecule has 0 bridgehead atoms. The van der Waals surface area contributed by atoms with Gasteiger partial charge in [-0.3, -0.25) is 0 Å². The lowest BCUT2D eigenvalue weighted by atomic mass is 10.1. The van der Waals surface area contributed by atoms with Crippen molar-refractivity contribution in [3.8, 4) is 0 Å². The molecule has 84 valence electrons. The number of anilines is 1. The first-order valence-corrected chi connectivity index (χ1v) is 6.39. The smallest absolute Gasteiger partial charge is 0.198 e. The molecule has 1 heterocycles. The van der Waals surface area contributed by atoms with Gasteiger partial charge < -0.3 is 10.2 Å². The molecular weight excluding hydrogens is 268 g/mol. The van der Waals surface area contributed by atoms with Gasteiger partial charge in [0.05, 0.1) is 5.69 Å². The van der Waals surface area contributed by atoms with Crippen LogP contribution in [-0.4, -0.2) is 4.98 Å². The van der Waals surface area contributed by atoms with E-state index in [0.717, 1.165) is 21.5 Å². The summed E-state index contributed by atoms with van der Waals surface area (Å²) in [6.07, 6.45) is 4.94. The van der Waals surface area contributed by atoms with Gasteiger partial charge in [-0.15, -0.1) is 0 Å². The van der Waals surface area contributed by atoms with Gasteiger partial charge in [0.25, 0.3) is 0 Å². The molecule has 2 aromatic rings. The highest BCUT2D eigenvalue weighted by Crippen LogP contribution is 2.36. The molecule has 16 heavy (non-hydrogen) atoms. The molecule has 1 fully saturated rings. The fourth-order valence-electron chi connectivity index (χ4n) is 2.39. The minimum absolute atomic E-state index is 0.491. The first-order valence-electron chi connectivity index (χ1n) is 5.59. The summed E-state index contributed by atoms with van der Waals surface area (Å²) in [5.74, 6) is 1.35. The summed E-state index contributed by atoms with van der Waals surface area (Å²) in [6, 6.07) is 3.81. The number of benzene rings is 1. The molecule has 0 aliphatic heterocycles. The molecule has 3 rings (SSSR count). The van der Waals surface area contributed by atoms with E-state index in [1.165, 1.54) is 25.7 Å². The van der Waals surface area contributed by atoms with E-state index in [0.29, 0.717) is 11.6 Å². The number of rotatable bonds is 1. The molecule has 0 atom stereocenters. The van der Waals surface area contributed by atoms with Crippen LogP contribution in [0.2, 0.25) is 0 Å². The molecule has 1 aromatic heterocycles. The zero-order chi connectivity index (χ0) is 11.1. The quantitative estimate of drug-likeness (QED) is 0.808. The van der Waals surface area contributed by atoms with Gasteiger partial charge in [0.2, 0.25) is 0 Å². The number of nitrogen functional groups attached to an aromatic ring is 1. The van der Waals surface area contributed by atoms with E-state index < -0.39 is 0 Å². The minimum atomic E-state index is 0.491. The number of nitrogens with zero attached hydrogens (tertiary/aromatic N) is 1. The van der Waals surface area contributed by atoms with Gasteiger partial charge in [0.1, 0.15) is 5.52 Å². The molecule has 1 aliphatic carbocycles. The Morgan fingerprint density at radius 1 is 1.31 bits per heavy atom. The normalized spacial score (nSPS) is 17.3. The third-order valence-corrected chi connectivity index (χ3v) is 3.66. The highest BCUT2D eigenvalue weighted by molar-refractivity contribution is 9.10. The monoisotopic (exact) mass is 280 g/mol. The van der Waals surface area contributed by atoms with Gasteiger partial charge in [-0.2, -0.15) is 0 Å². The van der Waals surface area contributed by atoms with Crippen molar-refractivity contribution in [2.24, 2.45) is 0 Å². The van der Waals surface area contributed by atoms with Crippen LogP contribution in [0.3, 0.4) is 0 Å². The summed E-state index contributed by atoms with van der Waals surface area (Å²) in [4.78, 5) is 4.54. The second-order valence-corrected chi connectivity index (χ2v) is 5.29. The largest absolute Gasteiger partial charge is 0.438 e.